The van der Waals surface area contributed by atoms with Crippen molar-refractivity contribution in [3.05, 3.63) is 77.3 Å². The Balaban J connectivity index is 1.48. The number of aryl methyl sites for hydroxylation is 1. The number of hydrogen-bond donors (Lipinski definition) is 1. The van der Waals surface area contributed by atoms with Crippen LogP contribution in [-0.4, -0.2) is 28.9 Å². The van der Waals surface area contributed by atoms with Crippen LogP contribution in [0.4, 0.5) is 0 Å². The van der Waals surface area contributed by atoms with E-state index in [1.165, 1.54) is 12.5 Å². The van der Waals surface area contributed by atoms with E-state index in [9.17, 15) is 4.79 Å². The lowest BCUT2D eigenvalue weighted by molar-refractivity contribution is -0.00267. The van der Waals surface area contributed by atoms with E-state index in [4.69, 9.17) is 14.0 Å². The van der Waals surface area contributed by atoms with E-state index in [1.54, 1.807) is 18.2 Å². The van der Waals surface area contributed by atoms with Gasteiger partial charge in [-0.2, -0.15) is 0 Å². The summed E-state index contributed by atoms with van der Waals surface area (Å²) in [5.74, 6) is 0.188. The molecule has 0 radical (unpaired) electrons. The smallest absolute Gasteiger partial charge is 0.254 e. The van der Waals surface area contributed by atoms with Crippen LogP contribution in [0.2, 0.25) is 0 Å². The highest BCUT2D eigenvalue weighted by Crippen LogP contribution is 2.27. The van der Waals surface area contributed by atoms with Crippen LogP contribution >= 0.6 is 0 Å². The van der Waals surface area contributed by atoms with Crippen molar-refractivity contribution in [2.24, 2.45) is 0 Å². The van der Waals surface area contributed by atoms with Crippen LogP contribution in [0, 0.1) is 6.92 Å². The van der Waals surface area contributed by atoms with Crippen molar-refractivity contribution in [3.63, 3.8) is 0 Å². The average Bonchev–Trinajstić information content (AvgIpc) is 3.28. The second kappa shape index (κ2) is 8.87. The molecule has 29 heavy (non-hydrogen) atoms. The van der Waals surface area contributed by atoms with E-state index in [-0.39, 0.29) is 12.1 Å². The molecule has 2 aromatic heterocycles. The number of pyridine rings is 1. The Bertz CT molecular complexity index is 935. The fourth-order valence-electron chi connectivity index (χ4n) is 3.28. The average molecular weight is 393 g/mol. The van der Waals surface area contributed by atoms with Crippen molar-refractivity contribution in [3.8, 4) is 5.88 Å². The van der Waals surface area contributed by atoms with E-state index in [0.29, 0.717) is 23.7 Å². The number of nitrogens with one attached hydrogen (secondary N) is 1. The third-order valence-electron chi connectivity index (χ3n) is 4.78. The number of amides is 1. The SMILES string of the molecule is Cc1cccc(C(Oc2ccc(C(=O)NC3CCCCO3)cn2)c2ccon2)c1. The van der Waals surface area contributed by atoms with Gasteiger partial charge in [0, 0.05) is 24.9 Å². The second-order valence-electron chi connectivity index (χ2n) is 7.05. The van der Waals surface area contributed by atoms with Crippen LogP contribution in [0.5, 0.6) is 5.88 Å². The Kier molecular flexibility index (Phi) is 5.86. The predicted octanol–water partition coefficient (Wildman–Crippen LogP) is 3.80. The number of hydrogen-bond acceptors (Lipinski definition) is 6. The number of nitrogens with zero attached hydrogens (tertiary/aromatic N) is 2. The maximum absolute atomic E-state index is 12.4. The molecule has 1 aromatic carbocycles. The lowest BCUT2D eigenvalue weighted by atomic mass is 10.0. The van der Waals surface area contributed by atoms with Gasteiger partial charge in [-0.15, -0.1) is 0 Å². The van der Waals surface area contributed by atoms with Gasteiger partial charge in [-0.25, -0.2) is 4.98 Å². The highest BCUT2D eigenvalue weighted by molar-refractivity contribution is 5.94. The molecule has 1 aliphatic heterocycles. The Morgan fingerprint density at radius 3 is 2.86 bits per heavy atom. The van der Waals surface area contributed by atoms with E-state index in [0.717, 1.165) is 30.4 Å². The van der Waals surface area contributed by atoms with Crippen molar-refractivity contribution >= 4 is 5.91 Å². The number of benzene rings is 1. The molecule has 4 rings (SSSR count). The van der Waals surface area contributed by atoms with E-state index >= 15 is 0 Å². The van der Waals surface area contributed by atoms with Gasteiger partial charge in [0.25, 0.3) is 5.91 Å². The Hall–Kier alpha value is -3.19. The summed E-state index contributed by atoms with van der Waals surface area (Å²) in [4.78, 5) is 16.7. The molecule has 2 atom stereocenters. The number of rotatable bonds is 6. The maximum Gasteiger partial charge on any atom is 0.254 e. The summed E-state index contributed by atoms with van der Waals surface area (Å²) in [5, 5.41) is 6.91. The highest BCUT2D eigenvalue weighted by Gasteiger charge is 2.21. The number of ether oxygens (including phenoxy) is 2. The molecule has 1 N–H and O–H groups in total. The lowest BCUT2D eigenvalue weighted by Crippen LogP contribution is -2.38. The molecule has 0 aliphatic carbocycles. The second-order valence-corrected chi connectivity index (χ2v) is 7.05. The molecule has 3 heterocycles. The molecular formula is C22H23N3O4. The van der Waals surface area contributed by atoms with Crippen molar-refractivity contribution in [1.82, 2.24) is 15.5 Å². The molecule has 0 bridgehead atoms. The minimum absolute atomic E-state index is 0.206. The standard InChI is InChI=1S/C22H23N3O4/c1-15-5-4-6-16(13-15)21(18-10-12-28-25-18)29-19-9-8-17(14-23-19)22(26)24-20-7-2-3-11-27-20/h4-6,8-10,12-14,20-21H,2-3,7,11H2,1H3,(H,24,26). The zero-order valence-corrected chi connectivity index (χ0v) is 16.2. The molecule has 7 heteroatoms. The summed E-state index contributed by atoms with van der Waals surface area (Å²) >= 11 is 0. The molecule has 2 unspecified atom stereocenters. The first-order valence-electron chi connectivity index (χ1n) is 9.71. The van der Waals surface area contributed by atoms with E-state index < -0.39 is 6.10 Å². The normalized spacial score (nSPS) is 17.5. The van der Waals surface area contributed by atoms with Crippen molar-refractivity contribution in [2.45, 2.75) is 38.5 Å². The third-order valence-corrected chi connectivity index (χ3v) is 4.78. The summed E-state index contributed by atoms with van der Waals surface area (Å²) in [6, 6.07) is 13.1. The lowest BCUT2D eigenvalue weighted by Gasteiger charge is -2.23. The van der Waals surface area contributed by atoms with Crippen LogP contribution in [0.3, 0.4) is 0 Å². The van der Waals surface area contributed by atoms with Gasteiger partial charge in [0.2, 0.25) is 5.88 Å². The monoisotopic (exact) mass is 393 g/mol. The molecular weight excluding hydrogens is 370 g/mol. The summed E-state index contributed by atoms with van der Waals surface area (Å²) in [5.41, 5.74) is 3.16. The van der Waals surface area contributed by atoms with Gasteiger partial charge < -0.3 is 19.3 Å². The van der Waals surface area contributed by atoms with Gasteiger partial charge in [0.05, 0.1) is 5.56 Å². The molecule has 1 aliphatic rings. The quantitative estimate of drug-likeness (QED) is 0.685. The van der Waals surface area contributed by atoms with Crippen LogP contribution in [0.15, 0.2) is 59.4 Å². The summed E-state index contributed by atoms with van der Waals surface area (Å²) in [6.07, 6.45) is 5.24. The summed E-state index contributed by atoms with van der Waals surface area (Å²) in [6.45, 7) is 2.70. The van der Waals surface area contributed by atoms with Crippen LogP contribution in [0.25, 0.3) is 0 Å². The summed E-state index contributed by atoms with van der Waals surface area (Å²) in [7, 11) is 0. The van der Waals surface area contributed by atoms with Crippen molar-refractivity contribution in [1.29, 1.82) is 0 Å². The molecule has 0 saturated carbocycles. The Labute approximate surface area is 169 Å². The first-order chi connectivity index (χ1) is 14.2. The van der Waals surface area contributed by atoms with Gasteiger partial charge in [0.15, 0.2) is 6.10 Å². The van der Waals surface area contributed by atoms with Crippen molar-refractivity contribution < 1.29 is 18.8 Å². The van der Waals surface area contributed by atoms with E-state index in [1.807, 2.05) is 31.2 Å². The Morgan fingerprint density at radius 2 is 2.17 bits per heavy atom. The van der Waals surface area contributed by atoms with Gasteiger partial charge in [-0.05, 0) is 37.8 Å². The van der Waals surface area contributed by atoms with Gasteiger partial charge in [0.1, 0.15) is 18.2 Å². The first kappa shape index (κ1) is 19.1. The Morgan fingerprint density at radius 1 is 1.24 bits per heavy atom. The fourth-order valence-corrected chi connectivity index (χ4v) is 3.28. The zero-order valence-electron chi connectivity index (χ0n) is 16.2. The maximum atomic E-state index is 12.4. The minimum atomic E-state index is -0.462. The number of carbonyl (C=O) groups excluding carboxylic acids is 1. The zero-order chi connectivity index (χ0) is 20.1. The predicted molar refractivity (Wildman–Crippen MR) is 105 cm³/mol. The van der Waals surface area contributed by atoms with Crippen molar-refractivity contribution in [2.75, 3.05) is 6.61 Å². The highest BCUT2D eigenvalue weighted by atomic mass is 16.5. The number of carbonyl (C=O) groups is 1. The van der Waals surface area contributed by atoms with E-state index in [2.05, 4.69) is 15.5 Å². The molecule has 1 fully saturated rings. The van der Waals surface area contributed by atoms with Crippen LogP contribution in [-0.2, 0) is 4.74 Å². The summed E-state index contributed by atoms with van der Waals surface area (Å²) < 4.78 is 16.6. The molecule has 7 nitrogen and oxygen atoms in total. The first-order valence-corrected chi connectivity index (χ1v) is 9.71. The topological polar surface area (TPSA) is 86.5 Å². The third kappa shape index (κ3) is 4.81. The number of aromatic nitrogens is 2. The molecule has 1 amide bonds. The molecule has 1 saturated heterocycles. The molecule has 150 valence electrons. The minimum Gasteiger partial charge on any atom is -0.463 e. The molecule has 3 aromatic rings. The van der Waals surface area contributed by atoms with Crippen LogP contribution < -0.4 is 10.1 Å². The van der Waals surface area contributed by atoms with Crippen LogP contribution in [0.1, 0.15) is 52.5 Å². The van der Waals surface area contributed by atoms with Gasteiger partial charge in [-0.1, -0.05) is 35.0 Å². The van der Waals surface area contributed by atoms with Gasteiger partial charge in [-0.3, -0.25) is 4.79 Å². The fraction of sp³-hybridized carbons (Fsp3) is 0.318. The van der Waals surface area contributed by atoms with Gasteiger partial charge >= 0.3 is 0 Å². The largest absolute Gasteiger partial charge is 0.463 e. The molecule has 0 spiro atoms.